The van der Waals surface area contributed by atoms with Crippen molar-refractivity contribution in [3.63, 3.8) is 0 Å². The van der Waals surface area contributed by atoms with Gasteiger partial charge in [0.25, 0.3) is 0 Å². The van der Waals surface area contributed by atoms with Crippen molar-refractivity contribution in [2.75, 3.05) is 18.1 Å². The number of anilines is 1. The first-order valence-electron chi connectivity index (χ1n) is 6.20. The quantitative estimate of drug-likeness (QED) is 0.846. The van der Waals surface area contributed by atoms with Crippen LogP contribution in [0.3, 0.4) is 0 Å². The van der Waals surface area contributed by atoms with Crippen LogP contribution in [0.15, 0.2) is 10.7 Å². The summed E-state index contributed by atoms with van der Waals surface area (Å²) in [5.41, 5.74) is 0. The lowest BCUT2D eigenvalue weighted by Crippen LogP contribution is -2.30. The summed E-state index contributed by atoms with van der Waals surface area (Å²) in [6.07, 6.45) is 4.83. The summed E-state index contributed by atoms with van der Waals surface area (Å²) in [7, 11) is 0. The van der Waals surface area contributed by atoms with Gasteiger partial charge in [0.15, 0.2) is 0 Å². The van der Waals surface area contributed by atoms with E-state index in [1.54, 1.807) is 0 Å². The zero-order valence-electron chi connectivity index (χ0n) is 9.64. The van der Waals surface area contributed by atoms with Crippen LogP contribution in [0.5, 0.6) is 0 Å². The number of hydrogen-bond acceptors (Lipinski definition) is 4. The first-order valence-corrected chi connectivity index (χ1v) is 6.99. The van der Waals surface area contributed by atoms with Gasteiger partial charge < -0.3 is 10.0 Å². The van der Waals surface area contributed by atoms with Crippen molar-refractivity contribution >= 4 is 21.7 Å². The van der Waals surface area contributed by atoms with E-state index < -0.39 is 0 Å². The third-order valence-corrected chi connectivity index (χ3v) is 3.67. The van der Waals surface area contributed by atoms with E-state index in [2.05, 4.69) is 30.8 Å². The maximum absolute atomic E-state index is 9.14. The molecule has 0 saturated heterocycles. The van der Waals surface area contributed by atoms with Gasteiger partial charge in [-0.25, -0.2) is 9.97 Å². The lowest BCUT2D eigenvalue weighted by Gasteiger charge is -2.22. The predicted octanol–water partition coefficient (Wildman–Crippen LogP) is 2.08. The maximum atomic E-state index is 9.14. The SMILES string of the molecule is OCCN(c1cc(Br)nc(C2CC2)n1)C1CC1. The van der Waals surface area contributed by atoms with Crippen LogP contribution in [0.1, 0.15) is 37.4 Å². The molecule has 92 valence electrons. The Morgan fingerprint density at radius 2 is 2.06 bits per heavy atom. The van der Waals surface area contributed by atoms with Gasteiger partial charge in [0, 0.05) is 24.6 Å². The van der Waals surface area contributed by atoms with Gasteiger partial charge in [-0.2, -0.15) is 0 Å². The average molecular weight is 298 g/mol. The first-order chi connectivity index (χ1) is 8.28. The Balaban J connectivity index is 1.88. The molecule has 1 heterocycles. The van der Waals surface area contributed by atoms with Gasteiger partial charge in [-0.05, 0) is 41.6 Å². The fraction of sp³-hybridized carbons (Fsp3) is 0.667. The molecular weight excluding hydrogens is 282 g/mol. The van der Waals surface area contributed by atoms with E-state index in [0.29, 0.717) is 18.5 Å². The summed E-state index contributed by atoms with van der Waals surface area (Å²) in [6, 6.07) is 2.52. The molecule has 0 unspecified atom stereocenters. The highest BCUT2D eigenvalue weighted by Gasteiger charge is 2.32. The summed E-state index contributed by atoms with van der Waals surface area (Å²) in [4.78, 5) is 11.3. The standard InChI is InChI=1S/C12H16BrN3O/c13-10-7-11(15-12(14-10)8-1-2-8)16(5-6-17)9-3-4-9/h7-9,17H,1-6H2. The van der Waals surface area contributed by atoms with Gasteiger partial charge >= 0.3 is 0 Å². The summed E-state index contributed by atoms with van der Waals surface area (Å²) >= 11 is 3.46. The van der Waals surface area contributed by atoms with Gasteiger partial charge in [-0.15, -0.1) is 0 Å². The van der Waals surface area contributed by atoms with E-state index in [1.807, 2.05) is 6.07 Å². The summed E-state index contributed by atoms with van der Waals surface area (Å²) in [5, 5.41) is 9.14. The maximum Gasteiger partial charge on any atom is 0.135 e. The third-order valence-electron chi connectivity index (χ3n) is 3.26. The molecule has 2 fully saturated rings. The molecule has 0 bridgehead atoms. The molecule has 3 rings (SSSR count). The Hall–Kier alpha value is -0.680. The van der Waals surface area contributed by atoms with Crippen LogP contribution in [-0.4, -0.2) is 34.3 Å². The second-order valence-electron chi connectivity index (χ2n) is 4.83. The second kappa shape index (κ2) is 4.53. The summed E-state index contributed by atoms with van der Waals surface area (Å²) < 4.78 is 0.855. The Morgan fingerprint density at radius 3 is 2.65 bits per heavy atom. The van der Waals surface area contributed by atoms with Crippen molar-refractivity contribution in [2.24, 2.45) is 0 Å². The van der Waals surface area contributed by atoms with Gasteiger partial charge in [0.1, 0.15) is 16.2 Å². The molecule has 0 amide bonds. The molecule has 0 radical (unpaired) electrons. The Labute approximate surface area is 109 Å². The minimum absolute atomic E-state index is 0.177. The number of aliphatic hydroxyl groups excluding tert-OH is 1. The lowest BCUT2D eigenvalue weighted by molar-refractivity contribution is 0.301. The van der Waals surface area contributed by atoms with Crippen LogP contribution in [-0.2, 0) is 0 Å². The van der Waals surface area contributed by atoms with E-state index in [0.717, 1.165) is 16.2 Å². The molecule has 1 aromatic heterocycles. The van der Waals surface area contributed by atoms with E-state index in [-0.39, 0.29) is 6.61 Å². The van der Waals surface area contributed by atoms with Crippen molar-refractivity contribution < 1.29 is 5.11 Å². The van der Waals surface area contributed by atoms with Crippen molar-refractivity contribution in [3.05, 3.63) is 16.5 Å². The smallest absolute Gasteiger partial charge is 0.135 e. The highest BCUT2D eigenvalue weighted by atomic mass is 79.9. The Kier molecular flexibility index (Phi) is 3.04. The number of aliphatic hydroxyl groups is 1. The fourth-order valence-electron chi connectivity index (χ4n) is 2.07. The van der Waals surface area contributed by atoms with Gasteiger partial charge in [-0.3, -0.25) is 0 Å². The van der Waals surface area contributed by atoms with Gasteiger partial charge in [-0.1, -0.05) is 0 Å². The summed E-state index contributed by atoms with van der Waals surface area (Å²) in [6.45, 7) is 0.842. The van der Waals surface area contributed by atoms with Crippen LogP contribution in [0.25, 0.3) is 0 Å². The van der Waals surface area contributed by atoms with E-state index in [4.69, 9.17) is 5.11 Å². The molecule has 5 heteroatoms. The topological polar surface area (TPSA) is 49.2 Å². The minimum atomic E-state index is 0.177. The monoisotopic (exact) mass is 297 g/mol. The van der Waals surface area contributed by atoms with Crippen molar-refractivity contribution in [3.8, 4) is 0 Å². The van der Waals surface area contributed by atoms with Crippen LogP contribution < -0.4 is 4.90 Å². The van der Waals surface area contributed by atoms with Crippen molar-refractivity contribution in [2.45, 2.75) is 37.6 Å². The summed E-state index contributed by atoms with van der Waals surface area (Å²) in [5.74, 6) is 2.48. The average Bonchev–Trinajstić information content (AvgIpc) is 3.18. The highest BCUT2D eigenvalue weighted by molar-refractivity contribution is 9.10. The molecular formula is C12H16BrN3O. The predicted molar refractivity (Wildman–Crippen MR) is 69.2 cm³/mol. The molecule has 4 nitrogen and oxygen atoms in total. The molecule has 1 N–H and O–H groups in total. The molecule has 0 spiro atoms. The molecule has 2 aliphatic carbocycles. The normalized spacial score (nSPS) is 19.4. The minimum Gasteiger partial charge on any atom is -0.395 e. The lowest BCUT2D eigenvalue weighted by atomic mass is 10.3. The number of rotatable bonds is 5. The Morgan fingerprint density at radius 1 is 1.29 bits per heavy atom. The van der Waals surface area contributed by atoms with Crippen LogP contribution >= 0.6 is 15.9 Å². The molecule has 17 heavy (non-hydrogen) atoms. The zero-order valence-corrected chi connectivity index (χ0v) is 11.2. The van der Waals surface area contributed by atoms with Crippen LogP contribution in [0, 0.1) is 0 Å². The van der Waals surface area contributed by atoms with Crippen LogP contribution in [0.4, 0.5) is 5.82 Å². The number of halogens is 1. The molecule has 2 saturated carbocycles. The van der Waals surface area contributed by atoms with Crippen LogP contribution in [0.2, 0.25) is 0 Å². The number of hydrogen-bond donors (Lipinski definition) is 1. The van der Waals surface area contributed by atoms with Crippen molar-refractivity contribution in [1.29, 1.82) is 0 Å². The fourth-order valence-corrected chi connectivity index (χ4v) is 2.46. The van der Waals surface area contributed by atoms with Gasteiger partial charge in [0.05, 0.1) is 6.61 Å². The van der Waals surface area contributed by atoms with E-state index >= 15 is 0 Å². The molecule has 0 atom stereocenters. The van der Waals surface area contributed by atoms with Crippen molar-refractivity contribution in [1.82, 2.24) is 9.97 Å². The zero-order chi connectivity index (χ0) is 11.8. The molecule has 0 aromatic carbocycles. The molecule has 0 aliphatic heterocycles. The van der Waals surface area contributed by atoms with E-state index in [9.17, 15) is 0 Å². The second-order valence-corrected chi connectivity index (χ2v) is 5.64. The molecule has 2 aliphatic rings. The highest BCUT2D eigenvalue weighted by Crippen LogP contribution is 2.40. The van der Waals surface area contributed by atoms with Gasteiger partial charge in [0.2, 0.25) is 0 Å². The number of aromatic nitrogens is 2. The largest absolute Gasteiger partial charge is 0.395 e. The molecule has 1 aromatic rings. The first kappa shape index (κ1) is 11.4. The van der Waals surface area contributed by atoms with E-state index in [1.165, 1.54) is 25.7 Å². The number of nitrogens with zero attached hydrogens (tertiary/aromatic N) is 3. The Bertz CT molecular complexity index is 418. The third kappa shape index (κ3) is 2.60.